The van der Waals surface area contributed by atoms with Gasteiger partial charge in [-0.2, -0.15) is 0 Å². The Bertz CT molecular complexity index is 1320. The Balaban J connectivity index is 0.000000437. The molecule has 0 unspecified atom stereocenters. The second-order valence-corrected chi connectivity index (χ2v) is 11.8. The van der Waals surface area contributed by atoms with Crippen molar-refractivity contribution in [2.24, 2.45) is 17.9 Å². The van der Waals surface area contributed by atoms with E-state index in [4.69, 9.17) is 9.47 Å². The van der Waals surface area contributed by atoms with Gasteiger partial charge in [0, 0.05) is 67.8 Å². The van der Waals surface area contributed by atoms with E-state index < -0.39 is 5.41 Å². The number of hydrogen-bond donors (Lipinski definition) is 1. The summed E-state index contributed by atoms with van der Waals surface area (Å²) in [5, 5.41) is 10.0. The summed E-state index contributed by atoms with van der Waals surface area (Å²) in [5.41, 5.74) is 5.36. The SMILES string of the molecule is CC/C(C(=O)C(C)(C)C)=C(/O)C(C)(C)C.COc1c[c-]c(-c2ncc(-c3c(C)cccc3C)n2C)c(OC)c1.[Pt]. The Morgan fingerprint density at radius 1 is 1.02 bits per heavy atom. The number of hydrogen-bond acceptors (Lipinski definition) is 5. The molecule has 0 bridgehead atoms. The van der Waals surface area contributed by atoms with Crippen LogP contribution in [-0.2, 0) is 32.9 Å². The van der Waals surface area contributed by atoms with Crippen LogP contribution in [-0.4, -0.2) is 34.7 Å². The van der Waals surface area contributed by atoms with Gasteiger partial charge in [-0.3, -0.25) is 9.78 Å². The summed E-state index contributed by atoms with van der Waals surface area (Å²) in [4.78, 5) is 16.7. The van der Waals surface area contributed by atoms with Gasteiger partial charge >= 0.3 is 0 Å². The number of ether oxygens (including phenoxy) is 2. The molecule has 7 heteroatoms. The van der Waals surface area contributed by atoms with Crippen molar-refractivity contribution in [3.05, 3.63) is 65.1 Å². The summed E-state index contributed by atoms with van der Waals surface area (Å²) in [6.45, 7) is 17.5. The minimum atomic E-state index is -0.426. The number of aliphatic hydroxyl groups is 1. The zero-order valence-corrected chi connectivity index (χ0v) is 28.3. The summed E-state index contributed by atoms with van der Waals surface area (Å²) in [6, 6.07) is 13.2. The van der Waals surface area contributed by atoms with Gasteiger partial charge in [0.2, 0.25) is 0 Å². The number of imidazole rings is 1. The van der Waals surface area contributed by atoms with E-state index >= 15 is 0 Å². The van der Waals surface area contributed by atoms with E-state index in [9.17, 15) is 9.90 Å². The number of rotatable bonds is 6. The maximum Gasteiger partial charge on any atom is 0.167 e. The Labute approximate surface area is 255 Å². The van der Waals surface area contributed by atoms with E-state index in [1.165, 1.54) is 16.7 Å². The standard InChI is InChI=1S/C20H21N2O2.C13H24O2.Pt/c1-13-7-6-8-14(2)19(13)17-12-21-20(22(17)3)16-10-9-15(23-4)11-18(16)24-5;1-8-9(10(14)12(2,3)4)11(15)13(5,6)7;/h6-9,11-12H,1-5H3;14H,8H2,1-7H3;/q-1;;/b;10-9-;. The van der Waals surface area contributed by atoms with Crippen molar-refractivity contribution in [1.29, 1.82) is 0 Å². The van der Waals surface area contributed by atoms with E-state index in [1.54, 1.807) is 20.3 Å². The van der Waals surface area contributed by atoms with Crippen molar-refractivity contribution in [2.45, 2.75) is 68.7 Å². The largest absolute Gasteiger partial charge is 0.540 e. The number of benzene rings is 2. The molecule has 0 radical (unpaired) electrons. The molecule has 0 aliphatic carbocycles. The number of carbonyl (C=O) groups is 1. The maximum atomic E-state index is 12.1. The van der Waals surface area contributed by atoms with E-state index in [0.29, 0.717) is 23.5 Å². The molecule has 0 saturated heterocycles. The normalized spacial score (nSPS) is 12.0. The van der Waals surface area contributed by atoms with Gasteiger partial charge in [0.15, 0.2) is 5.78 Å². The van der Waals surface area contributed by atoms with Crippen molar-refractivity contribution < 1.29 is 40.4 Å². The molecule has 0 saturated carbocycles. The zero-order chi connectivity index (χ0) is 29.7. The average molecular weight is 729 g/mol. The zero-order valence-electron chi connectivity index (χ0n) is 26.1. The first kappa shape index (κ1) is 35.2. The van der Waals surface area contributed by atoms with Crippen LogP contribution in [0, 0.1) is 30.7 Å². The molecule has 3 aromatic rings. The summed E-state index contributed by atoms with van der Waals surface area (Å²) in [7, 11) is 5.28. The molecule has 1 heterocycles. The molecule has 6 nitrogen and oxygen atoms in total. The van der Waals surface area contributed by atoms with E-state index in [2.05, 4.69) is 47.7 Å². The van der Waals surface area contributed by atoms with Crippen LogP contribution in [0.5, 0.6) is 11.5 Å². The molecule has 40 heavy (non-hydrogen) atoms. The fraction of sp³-hybridized carbons (Fsp3) is 0.455. The smallest absolute Gasteiger partial charge is 0.167 e. The first-order chi connectivity index (χ1) is 18.1. The van der Waals surface area contributed by atoms with Gasteiger partial charge in [-0.25, -0.2) is 0 Å². The molecule has 0 fully saturated rings. The second kappa shape index (κ2) is 14.2. The third kappa shape index (κ3) is 8.10. The first-order valence-electron chi connectivity index (χ1n) is 13.3. The van der Waals surface area contributed by atoms with Crippen LogP contribution in [0.4, 0.5) is 0 Å². The topological polar surface area (TPSA) is 73.6 Å². The molecular weight excluding hydrogens is 683 g/mol. The molecule has 0 amide bonds. The molecule has 222 valence electrons. The molecular formula is C33H45N2O4Pt-. The predicted molar refractivity (Wildman–Crippen MR) is 159 cm³/mol. The fourth-order valence-corrected chi connectivity index (χ4v) is 4.34. The number of Topliss-reactive ketones (excluding diaryl/α,β-unsaturated/α-hetero) is 1. The monoisotopic (exact) mass is 728 g/mol. The van der Waals surface area contributed by atoms with E-state index in [1.807, 2.05) is 67.8 Å². The summed E-state index contributed by atoms with van der Waals surface area (Å²) >= 11 is 0. The number of allylic oxidation sites excluding steroid dienone is 2. The van der Waals surface area contributed by atoms with Gasteiger partial charge in [0.1, 0.15) is 5.76 Å². The van der Waals surface area contributed by atoms with E-state index in [-0.39, 0.29) is 38.0 Å². The molecule has 1 aromatic heterocycles. The molecule has 0 atom stereocenters. The van der Waals surface area contributed by atoms with Gasteiger partial charge in [0.05, 0.1) is 25.7 Å². The summed E-state index contributed by atoms with van der Waals surface area (Å²) in [6.07, 6.45) is 2.49. The van der Waals surface area contributed by atoms with Crippen LogP contribution >= 0.6 is 0 Å². The molecule has 0 aliphatic heterocycles. The van der Waals surface area contributed by atoms with Crippen LogP contribution in [0.15, 0.2) is 47.9 Å². The second-order valence-electron chi connectivity index (χ2n) is 11.8. The van der Waals surface area contributed by atoms with Gasteiger partial charge < -0.3 is 19.1 Å². The number of aliphatic hydroxyl groups excluding tert-OH is 1. The minimum Gasteiger partial charge on any atom is -0.540 e. The quantitative estimate of drug-likeness (QED) is 0.158. The van der Waals surface area contributed by atoms with Gasteiger partial charge in [-0.05, 0) is 31.4 Å². The molecule has 0 spiro atoms. The fourth-order valence-electron chi connectivity index (χ4n) is 4.34. The average Bonchev–Trinajstić information content (AvgIpc) is 3.23. The molecule has 1 N–H and O–H groups in total. The van der Waals surface area contributed by atoms with Crippen LogP contribution in [0.1, 0.15) is 66.0 Å². The Morgan fingerprint density at radius 2 is 1.60 bits per heavy atom. The minimum absolute atomic E-state index is 0. The summed E-state index contributed by atoms with van der Waals surface area (Å²) in [5.74, 6) is 2.48. The van der Waals surface area contributed by atoms with Crippen molar-refractivity contribution in [1.82, 2.24) is 9.55 Å². The van der Waals surface area contributed by atoms with E-state index in [0.717, 1.165) is 17.1 Å². The van der Waals surface area contributed by atoms with Crippen LogP contribution in [0.3, 0.4) is 0 Å². The Hall–Kier alpha value is -2.85. The molecule has 2 aromatic carbocycles. The number of aryl methyl sites for hydroxylation is 2. The van der Waals surface area contributed by atoms with Crippen molar-refractivity contribution in [3.8, 4) is 34.1 Å². The van der Waals surface area contributed by atoms with Crippen LogP contribution < -0.4 is 9.47 Å². The maximum absolute atomic E-state index is 12.1. The van der Waals surface area contributed by atoms with Gasteiger partial charge in [-0.15, -0.1) is 12.1 Å². The molecule has 0 aliphatic rings. The Morgan fingerprint density at radius 3 is 2.05 bits per heavy atom. The van der Waals surface area contributed by atoms with Gasteiger partial charge in [0.25, 0.3) is 0 Å². The number of nitrogens with zero attached hydrogens (tertiary/aromatic N) is 2. The third-order valence-electron chi connectivity index (χ3n) is 6.59. The number of methoxy groups -OCH3 is 2. The number of ketones is 1. The van der Waals surface area contributed by atoms with Crippen LogP contribution in [0.25, 0.3) is 22.6 Å². The molecule has 3 rings (SSSR count). The Kier molecular flexibility index (Phi) is 12.5. The first-order valence-corrected chi connectivity index (χ1v) is 13.3. The van der Waals surface area contributed by atoms with Crippen molar-refractivity contribution in [2.75, 3.05) is 14.2 Å². The number of carbonyl (C=O) groups excluding carboxylic acids is 1. The summed E-state index contributed by atoms with van der Waals surface area (Å²) < 4.78 is 12.8. The third-order valence-corrected chi connectivity index (χ3v) is 6.59. The van der Waals surface area contributed by atoms with Crippen molar-refractivity contribution in [3.63, 3.8) is 0 Å². The number of aromatic nitrogens is 2. The predicted octanol–water partition coefficient (Wildman–Crippen LogP) is 8.06. The van der Waals surface area contributed by atoms with Crippen LogP contribution in [0.2, 0.25) is 0 Å². The van der Waals surface area contributed by atoms with Gasteiger partial charge in [-0.1, -0.05) is 78.3 Å². The van der Waals surface area contributed by atoms with Crippen molar-refractivity contribution >= 4 is 5.78 Å².